The summed E-state index contributed by atoms with van der Waals surface area (Å²) in [5.41, 5.74) is 5.75. The molecule has 26 heavy (non-hydrogen) atoms. The molecular formula is C21H22N4O. The molecule has 2 N–H and O–H groups in total. The van der Waals surface area contributed by atoms with E-state index in [4.69, 9.17) is 0 Å². The van der Waals surface area contributed by atoms with Gasteiger partial charge in [-0.05, 0) is 36.1 Å². The summed E-state index contributed by atoms with van der Waals surface area (Å²) in [5.74, 6) is 1.02. The van der Waals surface area contributed by atoms with Gasteiger partial charge in [-0.25, -0.2) is 4.98 Å². The standard InChI is InChI=1S/C21H22N4O/c1-13(2)16-10-8-15(9-11-16)12-17-14(3)24-25(20(17)26)21-22-18-6-4-5-7-19(18)23-21/h4-11,13,24H,12H2,1-3H3,(H,22,23). The topological polar surface area (TPSA) is 66.5 Å². The molecule has 0 aliphatic heterocycles. The van der Waals surface area contributed by atoms with E-state index >= 15 is 0 Å². The molecule has 0 radical (unpaired) electrons. The quantitative estimate of drug-likeness (QED) is 0.585. The van der Waals surface area contributed by atoms with E-state index in [2.05, 4.69) is 53.2 Å². The SMILES string of the molecule is Cc1[nH]n(-c2nc3ccccc3[nH]2)c(=O)c1Cc1ccc(C(C)C)cc1. The van der Waals surface area contributed by atoms with Gasteiger partial charge < -0.3 is 4.98 Å². The highest BCUT2D eigenvalue weighted by molar-refractivity contribution is 5.75. The van der Waals surface area contributed by atoms with E-state index in [1.807, 2.05) is 31.2 Å². The Labute approximate surface area is 151 Å². The minimum atomic E-state index is -0.0607. The second-order valence-electron chi connectivity index (χ2n) is 7.01. The summed E-state index contributed by atoms with van der Waals surface area (Å²) in [4.78, 5) is 20.6. The molecule has 2 aromatic heterocycles. The van der Waals surface area contributed by atoms with Gasteiger partial charge in [-0.2, -0.15) is 4.68 Å². The lowest BCUT2D eigenvalue weighted by Gasteiger charge is -2.06. The van der Waals surface area contributed by atoms with Crippen LogP contribution in [0, 0.1) is 6.92 Å². The lowest BCUT2D eigenvalue weighted by atomic mass is 9.99. The zero-order valence-corrected chi connectivity index (χ0v) is 15.2. The van der Waals surface area contributed by atoms with Gasteiger partial charge >= 0.3 is 0 Å². The molecule has 0 atom stereocenters. The van der Waals surface area contributed by atoms with Crippen LogP contribution < -0.4 is 5.56 Å². The molecule has 2 heterocycles. The maximum absolute atomic E-state index is 12.9. The number of H-pyrrole nitrogens is 2. The highest BCUT2D eigenvalue weighted by Gasteiger charge is 2.15. The molecule has 0 bridgehead atoms. The summed E-state index contributed by atoms with van der Waals surface area (Å²) in [7, 11) is 0. The zero-order valence-electron chi connectivity index (χ0n) is 15.2. The first-order valence-electron chi connectivity index (χ1n) is 8.87. The minimum Gasteiger partial charge on any atom is -0.322 e. The summed E-state index contributed by atoms with van der Waals surface area (Å²) in [6, 6.07) is 16.2. The Hall–Kier alpha value is -3.08. The molecule has 0 saturated carbocycles. The van der Waals surface area contributed by atoms with Crippen LogP contribution in [0.4, 0.5) is 0 Å². The number of imidazole rings is 1. The van der Waals surface area contributed by atoms with Crippen molar-refractivity contribution in [3.63, 3.8) is 0 Å². The van der Waals surface area contributed by atoms with Crippen molar-refractivity contribution in [2.45, 2.75) is 33.1 Å². The number of nitrogens with one attached hydrogen (secondary N) is 2. The highest BCUT2D eigenvalue weighted by Crippen LogP contribution is 2.17. The van der Waals surface area contributed by atoms with Crippen LogP contribution in [-0.4, -0.2) is 19.7 Å². The number of aromatic amines is 2. The fourth-order valence-electron chi connectivity index (χ4n) is 3.21. The third kappa shape index (κ3) is 2.86. The van der Waals surface area contributed by atoms with Crippen molar-refractivity contribution >= 4 is 11.0 Å². The Balaban J connectivity index is 1.69. The highest BCUT2D eigenvalue weighted by atomic mass is 16.1. The number of hydrogen-bond acceptors (Lipinski definition) is 2. The van der Waals surface area contributed by atoms with Gasteiger partial charge in [-0.3, -0.25) is 9.89 Å². The lowest BCUT2D eigenvalue weighted by molar-refractivity contribution is 0.790. The summed E-state index contributed by atoms with van der Waals surface area (Å²) in [6.07, 6.45) is 0.604. The van der Waals surface area contributed by atoms with Crippen LogP contribution in [0.1, 0.15) is 42.1 Å². The predicted octanol–water partition coefficient (Wildman–Crippen LogP) is 4.06. The van der Waals surface area contributed by atoms with E-state index in [1.165, 1.54) is 10.2 Å². The van der Waals surface area contributed by atoms with E-state index in [1.54, 1.807) is 0 Å². The summed E-state index contributed by atoms with van der Waals surface area (Å²) < 4.78 is 1.49. The molecule has 0 aliphatic rings. The normalized spacial score (nSPS) is 11.5. The molecule has 132 valence electrons. The Morgan fingerprint density at radius 1 is 1.08 bits per heavy atom. The molecule has 2 aromatic carbocycles. The van der Waals surface area contributed by atoms with Gasteiger partial charge in [0.05, 0.1) is 11.0 Å². The lowest BCUT2D eigenvalue weighted by Crippen LogP contribution is -2.18. The fourth-order valence-corrected chi connectivity index (χ4v) is 3.21. The van der Waals surface area contributed by atoms with E-state index in [9.17, 15) is 4.79 Å². The molecule has 5 nitrogen and oxygen atoms in total. The molecular weight excluding hydrogens is 324 g/mol. The Kier molecular flexibility index (Phi) is 3.99. The fraction of sp³-hybridized carbons (Fsp3) is 0.238. The Morgan fingerprint density at radius 2 is 1.81 bits per heavy atom. The van der Waals surface area contributed by atoms with Crippen LogP contribution in [0.25, 0.3) is 17.0 Å². The van der Waals surface area contributed by atoms with Gasteiger partial charge in [0.2, 0.25) is 5.95 Å². The molecule has 4 rings (SSSR count). The molecule has 0 amide bonds. The van der Waals surface area contributed by atoms with E-state index in [0.717, 1.165) is 27.9 Å². The number of rotatable bonds is 4. The average Bonchev–Trinajstić information content (AvgIpc) is 3.18. The largest absolute Gasteiger partial charge is 0.322 e. The Morgan fingerprint density at radius 3 is 2.50 bits per heavy atom. The van der Waals surface area contributed by atoms with Crippen molar-refractivity contribution in [3.05, 3.63) is 81.3 Å². The van der Waals surface area contributed by atoms with Crippen LogP contribution >= 0.6 is 0 Å². The smallest absolute Gasteiger partial charge is 0.277 e. The Bertz CT molecular complexity index is 1080. The van der Waals surface area contributed by atoms with E-state index < -0.39 is 0 Å². The monoisotopic (exact) mass is 346 g/mol. The number of nitrogens with zero attached hydrogens (tertiary/aromatic N) is 2. The molecule has 0 fully saturated rings. The van der Waals surface area contributed by atoms with Crippen molar-refractivity contribution in [1.29, 1.82) is 0 Å². The second-order valence-corrected chi connectivity index (χ2v) is 7.01. The number of aryl methyl sites for hydroxylation is 1. The molecule has 5 heteroatoms. The molecule has 0 spiro atoms. The molecule has 0 aliphatic carbocycles. The minimum absolute atomic E-state index is 0.0607. The number of hydrogen-bond donors (Lipinski definition) is 2. The third-order valence-corrected chi connectivity index (χ3v) is 4.81. The maximum atomic E-state index is 12.9. The predicted molar refractivity (Wildman–Crippen MR) is 104 cm³/mol. The van der Waals surface area contributed by atoms with Crippen LogP contribution in [-0.2, 0) is 6.42 Å². The van der Waals surface area contributed by atoms with E-state index in [-0.39, 0.29) is 5.56 Å². The van der Waals surface area contributed by atoms with Crippen molar-refractivity contribution in [2.75, 3.05) is 0 Å². The van der Waals surface area contributed by atoms with Crippen LogP contribution in [0.3, 0.4) is 0 Å². The molecule has 0 unspecified atom stereocenters. The maximum Gasteiger partial charge on any atom is 0.277 e. The summed E-state index contributed by atoms with van der Waals surface area (Å²) in [6.45, 7) is 6.28. The first-order chi connectivity index (χ1) is 12.5. The van der Waals surface area contributed by atoms with Crippen LogP contribution in [0.2, 0.25) is 0 Å². The zero-order chi connectivity index (χ0) is 18.3. The summed E-state index contributed by atoms with van der Waals surface area (Å²) in [5, 5.41) is 3.15. The molecule has 0 saturated heterocycles. The van der Waals surface area contributed by atoms with Crippen molar-refractivity contribution < 1.29 is 0 Å². The number of aromatic nitrogens is 4. The molecule has 4 aromatic rings. The summed E-state index contributed by atoms with van der Waals surface area (Å²) >= 11 is 0. The number of para-hydroxylation sites is 2. The van der Waals surface area contributed by atoms with E-state index in [0.29, 0.717) is 18.3 Å². The number of benzene rings is 2. The third-order valence-electron chi connectivity index (χ3n) is 4.81. The first kappa shape index (κ1) is 16.4. The van der Waals surface area contributed by atoms with Gasteiger partial charge in [0, 0.05) is 17.7 Å². The number of fused-ring (bicyclic) bond motifs is 1. The first-order valence-corrected chi connectivity index (χ1v) is 8.87. The second kappa shape index (κ2) is 6.33. The average molecular weight is 346 g/mol. The van der Waals surface area contributed by atoms with Crippen LogP contribution in [0.15, 0.2) is 53.3 Å². The van der Waals surface area contributed by atoms with Gasteiger partial charge in [0.25, 0.3) is 5.56 Å². The van der Waals surface area contributed by atoms with Crippen LogP contribution in [0.5, 0.6) is 0 Å². The van der Waals surface area contributed by atoms with Gasteiger partial charge in [-0.15, -0.1) is 0 Å². The van der Waals surface area contributed by atoms with Crippen molar-refractivity contribution in [2.24, 2.45) is 0 Å². The van der Waals surface area contributed by atoms with Gasteiger partial charge in [-0.1, -0.05) is 50.2 Å². The van der Waals surface area contributed by atoms with Gasteiger partial charge in [0.15, 0.2) is 0 Å². The van der Waals surface area contributed by atoms with Crippen molar-refractivity contribution in [3.8, 4) is 5.95 Å². The van der Waals surface area contributed by atoms with Crippen molar-refractivity contribution in [1.82, 2.24) is 19.7 Å². The van der Waals surface area contributed by atoms with Gasteiger partial charge in [0.1, 0.15) is 0 Å².